The molecule has 7 nitrogen and oxygen atoms in total. The second-order valence-electron chi connectivity index (χ2n) is 4.62. The van der Waals surface area contributed by atoms with Crippen LogP contribution in [0, 0.1) is 0 Å². The molecule has 0 spiro atoms. The number of ether oxygens (including phenoxy) is 2. The highest BCUT2D eigenvalue weighted by Gasteiger charge is 2.24. The van der Waals surface area contributed by atoms with Gasteiger partial charge in [-0.25, -0.2) is 0 Å². The highest BCUT2D eigenvalue weighted by Crippen LogP contribution is 2.29. The average Bonchev–Trinajstić information content (AvgIpc) is 2.49. The van der Waals surface area contributed by atoms with Gasteiger partial charge >= 0.3 is 0 Å². The summed E-state index contributed by atoms with van der Waals surface area (Å²) >= 11 is 0. The van der Waals surface area contributed by atoms with Crippen LogP contribution in [-0.4, -0.2) is 45.2 Å². The van der Waals surface area contributed by atoms with E-state index >= 15 is 0 Å². The smallest absolute Gasteiger partial charge is 0.237 e. The van der Waals surface area contributed by atoms with Crippen LogP contribution in [0.15, 0.2) is 18.2 Å². The Morgan fingerprint density at radius 1 is 1.33 bits per heavy atom. The van der Waals surface area contributed by atoms with Gasteiger partial charge in [0.25, 0.3) is 0 Å². The number of carbonyl (C=O) groups is 2. The number of rotatable bonds is 5. The predicted octanol–water partition coefficient (Wildman–Crippen LogP) is 0.120. The lowest BCUT2D eigenvalue weighted by Crippen LogP contribution is -2.53. The van der Waals surface area contributed by atoms with Gasteiger partial charge in [-0.1, -0.05) is 0 Å². The molecule has 0 unspecified atom stereocenters. The molecule has 21 heavy (non-hydrogen) atoms. The monoisotopic (exact) mass is 293 g/mol. The summed E-state index contributed by atoms with van der Waals surface area (Å²) in [5.41, 5.74) is 0.512. The lowest BCUT2D eigenvalue weighted by molar-refractivity contribution is -0.127. The van der Waals surface area contributed by atoms with Crippen LogP contribution in [-0.2, 0) is 9.59 Å². The number of benzene rings is 1. The predicted molar refractivity (Wildman–Crippen MR) is 77.6 cm³/mol. The molecule has 1 atom stereocenters. The SMILES string of the molecule is COc1ccc(OC)c(NC(=O)C[C@H]2NCCNC2=O)c1. The summed E-state index contributed by atoms with van der Waals surface area (Å²) in [5, 5.41) is 8.46. The van der Waals surface area contributed by atoms with Gasteiger partial charge in [0, 0.05) is 19.2 Å². The molecular weight excluding hydrogens is 274 g/mol. The van der Waals surface area contributed by atoms with Crippen LogP contribution in [0.3, 0.4) is 0 Å². The standard InChI is InChI=1S/C14H19N3O4/c1-20-9-3-4-12(21-2)10(7-9)17-13(18)8-11-14(19)16-6-5-15-11/h3-4,7,11,15H,5-6,8H2,1-2H3,(H,16,19)(H,17,18)/t11-/m1/s1. The van der Waals surface area contributed by atoms with Gasteiger partial charge in [0.15, 0.2) is 0 Å². The van der Waals surface area contributed by atoms with Gasteiger partial charge in [-0.05, 0) is 12.1 Å². The molecule has 1 fully saturated rings. The fourth-order valence-electron chi connectivity index (χ4n) is 2.11. The molecule has 1 aromatic rings. The van der Waals surface area contributed by atoms with Crippen LogP contribution in [0.2, 0.25) is 0 Å². The van der Waals surface area contributed by atoms with Crippen LogP contribution in [0.5, 0.6) is 11.5 Å². The van der Waals surface area contributed by atoms with Crippen molar-refractivity contribution < 1.29 is 19.1 Å². The molecular formula is C14H19N3O4. The van der Waals surface area contributed by atoms with E-state index in [9.17, 15) is 9.59 Å². The van der Waals surface area contributed by atoms with E-state index in [0.717, 1.165) is 0 Å². The quantitative estimate of drug-likeness (QED) is 0.717. The highest BCUT2D eigenvalue weighted by atomic mass is 16.5. The highest BCUT2D eigenvalue weighted by molar-refractivity contribution is 5.96. The number of nitrogens with one attached hydrogen (secondary N) is 3. The van der Waals surface area contributed by atoms with Gasteiger partial charge in [0.05, 0.1) is 32.4 Å². The zero-order chi connectivity index (χ0) is 15.2. The molecule has 0 aromatic heterocycles. The van der Waals surface area contributed by atoms with Crippen molar-refractivity contribution in [3.05, 3.63) is 18.2 Å². The second kappa shape index (κ2) is 6.94. The largest absolute Gasteiger partial charge is 0.497 e. The molecule has 2 amide bonds. The van der Waals surface area contributed by atoms with Crippen molar-refractivity contribution in [3.8, 4) is 11.5 Å². The molecule has 0 aliphatic carbocycles. The third kappa shape index (κ3) is 3.85. The van der Waals surface area contributed by atoms with Crippen LogP contribution in [0.25, 0.3) is 0 Å². The molecule has 1 heterocycles. The first-order chi connectivity index (χ1) is 10.1. The van der Waals surface area contributed by atoms with Crippen molar-refractivity contribution >= 4 is 17.5 Å². The first-order valence-electron chi connectivity index (χ1n) is 6.67. The number of carbonyl (C=O) groups excluding carboxylic acids is 2. The van der Waals surface area contributed by atoms with E-state index in [1.54, 1.807) is 25.3 Å². The van der Waals surface area contributed by atoms with Crippen LogP contribution in [0.4, 0.5) is 5.69 Å². The van der Waals surface area contributed by atoms with Crippen LogP contribution >= 0.6 is 0 Å². The summed E-state index contributed by atoms with van der Waals surface area (Å²) in [4.78, 5) is 23.7. The minimum absolute atomic E-state index is 0.0617. The van der Waals surface area contributed by atoms with Crippen molar-refractivity contribution in [1.29, 1.82) is 0 Å². The Morgan fingerprint density at radius 2 is 2.14 bits per heavy atom. The maximum atomic E-state index is 12.1. The summed E-state index contributed by atoms with van der Waals surface area (Å²) < 4.78 is 10.3. The maximum absolute atomic E-state index is 12.1. The lowest BCUT2D eigenvalue weighted by Gasteiger charge is -2.23. The summed E-state index contributed by atoms with van der Waals surface area (Å²) in [6, 6.07) is 4.62. The third-order valence-electron chi connectivity index (χ3n) is 3.20. The van der Waals surface area contributed by atoms with E-state index in [1.165, 1.54) is 7.11 Å². The Balaban J connectivity index is 2.03. The first-order valence-corrected chi connectivity index (χ1v) is 6.67. The van der Waals surface area contributed by atoms with Crippen LogP contribution < -0.4 is 25.4 Å². The van der Waals surface area contributed by atoms with Gasteiger partial charge in [0.2, 0.25) is 11.8 Å². The third-order valence-corrected chi connectivity index (χ3v) is 3.20. The molecule has 0 radical (unpaired) electrons. The molecule has 2 rings (SSSR count). The average molecular weight is 293 g/mol. The fourth-order valence-corrected chi connectivity index (χ4v) is 2.11. The first kappa shape index (κ1) is 15.1. The topological polar surface area (TPSA) is 88.7 Å². The van der Waals surface area contributed by atoms with E-state index < -0.39 is 6.04 Å². The van der Waals surface area contributed by atoms with E-state index in [-0.39, 0.29) is 18.2 Å². The summed E-state index contributed by atoms with van der Waals surface area (Å²) in [5.74, 6) is 0.718. The van der Waals surface area contributed by atoms with Crippen molar-refractivity contribution in [1.82, 2.24) is 10.6 Å². The Labute approximate surface area is 123 Å². The zero-order valence-corrected chi connectivity index (χ0v) is 12.1. The van der Waals surface area contributed by atoms with Crippen molar-refractivity contribution in [2.75, 3.05) is 32.6 Å². The Bertz CT molecular complexity index is 533. The number of hydrogen-bond acceptors (Lipinski definition) is 5. The molecule has 114 valence electrons. The number of anilines is 1. The van der Waals surface area contributed by atoms with Gasteiger partial charge < -0.3 is 25.4 Å². The molecule has 1 aromatic carbocycles. The van der Waals surface area contributed by atoms with Gasteiger partial charge in [0.1, 0.15) is 11.5 Å². The Morgan fingerprint density at radius 3 is 2.81 bits per heavy atom. The molecule has 3 N–H and O–H groups in total. The van der Waals surface area contributed by atoms with Crippen molar-refractivity contribution in [2.45, 2.75) is 12.5 Å². The fraction of sp³-hybridized carbons (Fsp3) is 0.429. The summed E-state index contributed by atoms with van der Waals surface area (Å²) in [6.07, 6.45) is 0.0617. The lowest BCUT2D eigenvalue weighted by atomic mass is 10.1. The Hall–Kier alpha value is -2.28. The summed E-state index contributed by atoms with van der Waals surface area (Å²) in [7, 11) is 3.07. The van der Waals surface area contributed by atoms with E-state index in [4.69, 9.17) is 9.47 Å². The molecule has 7 heteroatoms. The molecule has 1 saturated heterocycles. The minimum Gasteiger partial charge on any atom is -0.497 e. The normalized spacial score (nSPS) is 17.8. The second-order valence-corrected chi connectivity index (χ2v) is 4.62. The molecule has 0 saturated carbocycles. The number of hydrogen-bond donors (Lipinski definition) is 3. The zero-order valence-electron chi connectivity index (χ0n) is 12.1. The number of piperazine rings is 1. The Kier molecular flexibility index (Phi) is 4.99. The molecule has 1 aliphatic rings. The van der Waals surface area contributed by atoms with E-state index in [0.29, 0.717) is 30.3 Å². The number of methoxy groups -OCH3 is 2. The van der Waals surface area contributed by atoms with E-state index in [2.05, 4.69) is 16.0 Å². The minimum atomic E-state index is -0.504. The van der Waals surface area contributed by atoms with Gasteiger partial charge in [-0.2, -0.15) is 0 Å². The van der Waals surface area contributed by atoms with Gasteiger partial charge in [-0.3, -0.25) is 9.59 Å². The van der Waals surface area contributed by atoms with Gasteiger partial charge in [-0.15, -0.1) is 0 Å². The molecule has 0 bridgehead atoms. The number of amides is 2. The van der Waals surface area contributed by atoms with Crippen LogP contribution in [0.1, 0.15) is 6.42 Å². The van der Waals surface area contributed by atoms with E-state index in [1.807, 2.05) is 0 Å². The summed E-state index contributed by atoms with van der Waals surface area (Å²) in [6.45, 7) is 1.24. The molecule has 1 aliphatic heterocycles. The van der Waals surface area contributed by atoms with Crippen molar-refractivity contribution in [2.24, 2.45) is 0 Å². The van der Waals surface area contributed by atoms with Crippen molar-refractivity contribution in [3.63, 3.8) is 0 Å². The maximum Gasteiger partial charge on any atom is 0.237 e.